The molecule has 0 saturated heterocycles. The fourth-order valence-corrected chi connectivity index (χ4v) is 2.78. The number of pyridine rings is 1. The lowest BCUT2D eigenvalue weighted by molar-refractivity contribution is 0.0724. The Morgan fingerprint density at radius 2 is 1.28 bits per heavy atom. The Hall–Kier alpha value is -3.34. The molecule has 25 heavy (non-hydrogen) atoms. The van der Waals surface area contributed by atoms with E-state index < -0.39 is 23.4 Å². The Bertz CT molecular complexity index is 1050. The van der Waals surface area contributed by atoms with Gasteiger partial charge < -0.3 is 4.74 Å². The smallest absolute Gasteiger partial charge is 0.345 e. The van der Waals surface area contributed by atoms with Crippen LogP contribution in [0.15, 0.2) is 66.7 Å². The molecule has 3 nitrogen and oxygen atoms in total. The van der Waals surface area contributed by atoms with Crippen LogP contribution in [-0.4, -0.2) is 11.0 Å². The van der Waals surface area contributed by atoms with Crippen LogP contribution < -0.4 is 4.74 Å². The maximum absolute atomic E-state index is 13.8. The quantitative estimate of drug-likeness (QED) is 0.298. The van der Waals surface area contributed by atoms with E-state index in [1.807, 2.05) is 0 Å². The normalized spacial score (nSPS) is 11.0. The molecule has 0 aliphatic rings. The number of hydrogen-bond acceptors (Lipinski definition) is 3. The average molecular weight is 335 g/mol. The molecule has 0 amide bonds. The van der Waals surface area contributed by atoms with E-state index >= 15 is 0 Å². The van der Waals surface area contributed by atoms with E-state index in [-0.39, 0.29) is 5.56 Å². The lowest BCUT2D eigenvalue weighted by atomic mass is 10.0. The molecule has 0 aliphatic carbocycles. The second kappa shape index (κ2) is 5.94. The molecule has 3 aromatic carbocycles. The molecule has 0 fully saturated rings. The van der Waals surface area contributed by atoms with E-state index in [1.165, 1.54) is 6.07 Å². The molecule has 0 bridgehead atoms. The number of esters is 1. The molecule has 0 N–H and O–H groups in total. The van der Waals surface area contributed by atoms with Crippen molar-refractivity contribution in [3.8, 4) is 5.75 Å². The van der Waals surface area contributed by atoms with Gasteiger partial charge in [0, 0.05) is 10.8 Å². The Morgan fingerprint density at radius 1 is 0.760 bits per heavy atom. The monoisotopic (exact) mass is 335 g/mol. The van der Waals surface area contributed by atoms with Crippen LogP contribution in [0.1, 0.15) is 10.4 Å². The first-order valence-electron chi connectivity index (χ1n) is 7.59. The van der Waals surface area contributed by atoms with E-state index in [4.69, 9.17) is 4.74 Å². The lowest BCUT2D eigenvalue weighted by Gasteiger charge is -2.11. The minimum Gasteiger partial charge on any atom is -0.417 e. The molecule has 1 heterocycles. The zero-order chi connectivity index (χ0) is 17.4. The van der Waals surface area contributed by atoms with Crippen molar-refractivity contribution in [2.75, 3.05) is 0 Å². The highest BCUT2D eigenvalue weighted by molar-refractivity contribution is 6.14. The summed E-state index contributed by atoms with van der Waals surface area (Å²) in [7, 11) is 0. The van der Waals surface area contributed by atoms with E-state index in [1.54, 1.807) is 48.5 Å². The Morgan fingerprint density at radius 3 is 1.84 bits per heavy atom. The summed E-state index contributed by atoms with van der Waals surface area (Å²) in [5.41, 5.74) is 1.42. The Balaban J connectivity index is 1.93. The van der Waals surface area contributed by atoms with Gasteiger partial charge in [-0.05, 0) is 24.3 Å². The average Bonchev–Trinajstić information content (AvgIpc) is 2.62. The van der Waals surface area contributed by atoms with Gasteiger partial charge in [-0.2, -0.15) is 0 Å². The topological polar surface area (TPSA) is 39.2 Å². The molecule has 0 aliphatic heterocycles. The van der Waals surface area contributed by atoms with Gasteiger partial charge in [-0.1, -0.05) is 42.5 Å². The van der Waals surface area contributed by atoms with Crippen molar-refractivity contribution in [2.45, 2.75) is 0 Å². The van der Waals surface area contributed by atoms with Crippen LogP contribution >= 0.6 is 0 Å². The van der Waals surface area contributed by atoms with Gasteiger partial charge in [0.1, 0.15) is 0 Å². The van der Waals surface area contributed by atoms with Crippen LogP contribution in [0.4, 0.5) is 8.78 Å². The number of carbonyl (C=O) groups excluding carboxylic acids is 1. The summed E-state index contributed by atoms with van der Waals surface area (Å²) in [4.78, 5) is 17.3. The minimum absolute atomic E-state index is 0.226. The molecular formula is C20H11F2NO2. The van der Waals surface area contributed by atoms with E-state index in [2.05, 4.69) is 4.98 Å². The molecule has 122 valence electrons. The lowest BCUT2D eigenvalue weighted by Crippen LogP contribution is -2.12. The van der Waals surface area contributed by atoms with Gasteiger partial charge in [-0.3, -0.25) is 0 Å². The molecule has 0 spiro atoms. The molecule has 5 heteroatoms. The van der Waals surface area contributed by atoms with Gasteiger partial charge in [-0.25, -0.2) is 18.6 Å². The minimum atomic E-state index is -0.934. The second-order valence-electron chi connectivity index (χ2n) is 5.46. The number of para-hydroxylation sites is 3. The molecule has 1 aromatic heterocycles. The number of rotatable bonds is 2. The zero-order valence-electron chi connectivity index (χ0n) is 12.9. The van der Waals surface area contributed by atoms with Crippen molar-refractivity contribution < 1.29 is 18.3 Å². The number of aromatic nitrogens is 1. The highest BCUT2D eigenvalue weighted by atomic mass is 19.1. The largest absolute Gasteiger partial charge is 0.417 e. The standard InChI is InChI=1S/C20H11F2NO2/c21-14-8-5-9-15(22)19(14)25-20(24)18-12-6-1-3-10-16(12)23-17-11-4-2-7-13(17)18/h1-11H. The highest BCUT2D eigenvalue weighted by Crippen LogP contribution is 2.28. The zero-order valence-corrected chi connectivity index (χ0v) is 12.9. The van der Waals surface area contributed by atoms with Crippen molar-refractivity contribution in [2.24, 2.45) is 0 Å². The molecule has 4 rings (SSSR count). The summed E-state index contributed by atoms with van der Waals surface area (Å²) in [6.07, 6.45) is 0. The third-order valence-corrected chi connectivity index (χ3v) is 3.91. The summed E-state index contributed by atoms with van der Waals surface area (Å²) in [5.74, 6) is -3.41. The molecule has 0 atom stereocenters. The van der Waals surface area contributed by atoms with Crippen LogP contribution in [-0.2, 0) is 0 Å². The van der Waals surface area contributed by atoms with Crippen LogP contribution in [0.3, 0.4) is 0 Å². The summed E-state index contributed by atoms with van der Waals surface area (Å²) < 4.78 is 32.7. The fraction of sp³-hybridized carbons (Fsp3) is 0. The van der Waals surface area contributed by atoms with E-state index in [9.17, 15) is 13.6 Å². The number of fused-ring (bicyclic) bond motifs is 2. The first-order valence-corrected chi connectivity index (χ1v) is 7.59. The van der Waals surface area contributed by atoms with Gasteiger partial charge in [0.25, 0.3) is 0 Å². The Kier molecular flexibility index (Phi) is 3.61. The molecule has 0 saturated carbocycles. The second-order valence-corrected chi connectivity index (χ2v) is 5.46. The van der Waals surface area contributed by atoms with E-state index in [0.29, 0.717) is 21.8 Å². The van der Waals surface area contributed by atoms with Crippen molar-refractivity contribution in [3.63, 3.8) is 0 Å². The number of halogens is 2. The van der Waals surface area contributed by atoms with Crippen molar-refractivity contribution >= 4 is 27.8 Å². The first kappa shape index (κ1) is 15.2. The molecular weight excluding hydrogens is 324 g/mol. The third kappa shape index (κ3) is 2.59. The molecule has 0 unspecified atom stereocenters. The van der Waals surface area contributed by atoms with Crippen LogP contribution in [0.25, 0.3) is 21.8 Å². The maximum Gasteiger partial charge on any atom is 0.345 e. The molecule has 0 radical (unpaired) electrons. The number of benzene rings is 3. The highest BCUT2D eigenvalue weighted by Gasteiger charge is 2.21. The number of nitrogens with zero attached hydrogens (tertiary/aromatic N) is 1. The van der Waals surface area contributed by atoms with Gasteiger partial charge in [0.05, 0.1) is 16.6 Å². The van der Waals surface area contributed by atoms with Gasteiger partial charge in [0.15, 0.2) is 11.6 Å². The van der Waals surface area contributed by atoms with Crippen molar-refractivity contribution in [3.05, 3.63) is 83.9 Å². The number of hydrogen-bond donors (Lipinski definition) is 0. The number of ether oxygens (including phenoxy) is 1. The SMILES string of the molecule is O=C(Oc1c(F)cccc1F)c1c2ccccc2nc2ccccc12. The van der Waals surface area contributed by atoms with Gasteiger partial charge in [0.2, 0.25) is 5.75 Å². The summed E-state index contributed by atoms with van der Waals surface area (Å²) >= 11 is 0. The van der Waals surface area contributed by atoms with Crippen molar-refractivity contribution in [1.82, 2.24) is 4.98 Å². The summed E-state index contributed by atoms with van der Waals surface area (Å²) in [6, 6.07) is 17.4. The predicted octanol–water partition coefficient (Wildman–Crippen LogP) is 4.89. The van der Waals surface area contributed by atoms with E-state index in [0.717, 1.165) is 12.1 Å². The summed E-state index contributed by atoms with van der Waals surface area (Å²) in [5, 5.41) is 1.12. The van der Waals surface area contributed by atoms with Crippen LogP contribution in [0.2, 0.25) is 0 Å². The predicted molar refractivity (Wildman–Crippen MR) is 90.6 cm³/mol. The van der Waals surface area contributed by atoms with Gasteiger partial charge in [-0.15, -0.1) is 0 Å². The number of carbonyl (C=O) groups is 1. The van der Waals surface area contributed by atoms with Crippen molar-refractivity contribution in [1.29, 1.82) is 0 Å². The molecule has 4 aromatic rings. The first-order chi connectivity index (χ1) is 12.1. The van der Waals surface area contributed by atoms with Crippen LogP contribution in [0.5, 0.6) is 5.75 Å². The maximum atomic E-state index is 13.8. The Labute approximate surface area is 141 Å². The third-order valence-electron chi connectivity index (χ3n) is 3.91. The van der Waals surface area contributed by atoms with Crippen LogP contribution in [0, 0.1) is 11.6 Å². The van der Waals surface area contributed by atoms with Gasteiger partial charge >= 0.3 is 5.97 Å². The fourth-order valence-electron chi connectivity index (χ4n) is 2.78. The summed E-state index contributed by atoms with van der Waals surface area (Å²) in [6.45, 7) is 0.